The van der Waals surface area contributed by atoms with Crippen molar-refractivity contribution < 1.29 is 4.79 Å². The lowest BCUT2D eigenvalue weighted by atomic mass is 9.96. The Bertz CT molecular complexity index is 1120. The lowest BCUT2D eigenvalue weighted by molar-refractivity contribution is 0.0677. The van der Waals surface area contributed by atoms with Crippen molar-refractivity contribution in [3.05, 3.63) is 72.7 Å². The summed E-state index contributed by atoms with van der Waals surface area (Å²) >= 11 is 0. The Balaban J connectivity index is 1.22. The third-order valence-electron chi connectivity index (χ3n) is 5.76. The Kier molecular flexibility index (Phi) is 4.60. The Hall–Kier alpha value is -3.41. The minimum atomic E-state index is 0.0335. The molecule has 2 aromatic carbocycles. The van der Waals surface area contributed by atoms with Crippen LogP contribution in [0.3, 0.4) is 0 Å². The molecule has 0 spiro atoms. The van der Waals surface area contributed by atoms with Crippen LogP contribution in [0.1, 0.15) is 23.3 Å². The molecule has 0 unspecified atom stereocenters. The van der Waals surface area contributed by atoms with Gasteiger partial charge in [0.25, 0.3) is 5.91 Å². The number of H-pyrrole nitrogens is 1. The van der Waals surface area contributed by atoms with E-state index < -0.39 is 0 Å². The molecule has 6 heteroatoms. The molecule has 1 fully saturated rings. The molecule has 4 aromatic rings. The smallest absolute Gasteiger partial charge is 0.271 e. The fourth-order valence-corrected chi connectivity index (χ4v) is 4.11. The van der Waals surface area contributed by atoms with E-state index >= 15 is 0 Å². The average molecular weight is 385 g/mol. The highest BCUT2D eigenvalue weighted by Gasteiger charge is 2.25. The van der Waals surface area contributed by atoms with E-state index in [1.165, 1.54) is 5.52 Å². The van der Waals surface area contributed by atoms with Gasteiger partial charge in [-0.2, -0.15) is 5.10 Å². The number of para-hydroxylation sites is 2. The first-order valence-electron chi connectivity index (χ1n) is 10.1. The second-order valence-corrected chi connectivity index (χ2v) is 7.65. The molecule has 0 bridgehead atoms. The lowest BCUT2D eigenvalue weighted by Crippen LogP contribution is -2.39. The molecule has 146 valence electrons. The maximum Gasteiger partial charge on any atom is 0.271 e. The topological polar surface area (TPSA) is 66.8 Å². The number of carbonyl (C=O) groups excluding carboxylic acids is 1. The summed E-state index contributed by atoms with van der Waals surface area (Å²) in [5.74, 6) is 0.588. The van der Waals surface area contributed by atoms with Gasteiger partial charge in [0.15, 0.2) is 0 Å². The van der Waals surface area contributed by atoms with Gasteiger partial charge in [0, 0.05) is 25.2 Å². The minimum Gasteiger partial charge on any atom is -0.337 e. The van der Waals surface area contributed by atoms with Crippen molar-refractivity contribution in [2.24, 2.45) is 5.92 Å². The van der Waals surface area contributed by atoms with Gasteiger partial charge in [-0.15, -0.1) is 0 Å². The fourth-order valence-electron chi connectivity index (χ4n) is 4.11. The van der Waals surface area contributed by atoms with Gasteiger partial charge in [0.1, 0.15) is 5.69 Å². The number of hydrogen-bond acceptors (Lipinski definition) is 3. The maximum atomic E-state index is 12.9. The van der Waals surface area contributed by atoms with Crippen molar-refractivity contribution in [2.75, 3.05) is 13.1 Å². The first-order valence-corrected chi connectivity index (χ1v) is 10.1. The van der Waals surface area contributed by atoms with Gasteiger partial charge < -0.3 is 9.47 Å². The highest BCUT2D eigenvalue weighted by atomic mass is 16.2. The van der Waals surface area contributed by atoms with Gasteiger partial charge in [0.2, 0.25) is 0 Å². The monoisotopic (exact) mass is 385 g/mol. The number of carbonyl (C=O) groups is 1. The summed E-state index contributed by atoms with van der Waals surface area (Å²) in [4.78, 5) is 19.3. The SMILES string of the molecule is O=C(c1cc(-c2ccccc2)n[nH]1)N1CCC(Cn2cnc3ccccc32)CC1. The molecule has 1 amide bonds. The average Bonchev–Trinajstić information content (AvgIpc) is 3.43. The van der Waals surface area contributed by atoms with Crippen LogP contribution in [-0.2, 0) is 6.54 Å². The molecule has 0 aliphatic carbocycles. The van der Waals surface area contributed by atoms with Gasteiger partial charge >= 0.3 is 0 Å². The largest absolute Gasteiger partial charge is 0.337 e. The predicted molar refractivity (Wildman–Crippen MR) is 112 cm³/mol. The highest BCUT2D eigenvalue weighted by molar-refractivity contribution is 5.93. The number of rotatable bonds is 4. The van der Waals surface area contributed by atoms with Crippen molar-refractivity contribution in [1.29, 1.82) is 0 Å². The van der Waals surface area contributed by atoms with E-state index in [0.717, 1.165) is 49.2 Å². The molecular formula is C23H23N5O. The molecule has 1 N–H and O–H groups in total. The van der Waals surface area contributed by atoms with E-state index in [9.17, 15) is 4.79 Å². The molecule has 29 heavy (non-hydrogen) atoms. The Morgan fingerprint density at radius 1 is 1.03 bits per heavy atom. The third kappa shape index (κ3) is 3.53. The molecule has 0 radical (unpaired) electrons. The summed E-state index contributed by atoms with van der Waals surface area (Å²) in [6.07, 6.45) is 3.92. The van der Waals surface area contributed by atoms with E-state index in [1.54, 1.807) is 0 Å². The zero-order valence-electron chi connectivity index (χ0n) is 16.2. The van der Waals surface area contributed by atoms with Gasteiger partial charge in [-0.3, -0.25) is 9.89 Å². The van der Waals surface area contributed by atoms with Gasteiger partial charge in [-0.25, -0.2) is 4.98 Å². The van der Waals surface area contributed by atoms with Gasteiger partial charge in [-0.1, -0.05) is 42.5 Å². The Labute approximate surface area is 169 Å². The van der Waals surface area contributed by atoms with Crippen LogP contribution in [-0.4, -0.2) is 43.6 Å². The van der Waals surface area contributed by atoms with E-state index in [1.807, 2.05) is 59.8 Å². The summed E-state index contributed by atoms with van der Waals surface area (Å²) in [6.45, 7) is 2.50. The molecule has 0 saturated carbocycles. The second kappa shape index (κ2) is 7.54. The lowest BCUT2D eigenvalue weighted by Gasteiger charge is -2.32. The van der Waals surface area contributed by atoms with Crippen molar-refractivity contribution in [2.45, 2.75) is 19.4 Å². The number of likely N-dealkylation sites (tertiary alicyclic amines) is 1. The number of aromatic nitrogens is 4. The zero-order valence-corrected chi connectivity index (χ0v) is 16.2. The van der Waals surface area contributed by atoms with Crippen molar-refractivity contribution >= 4 is 16.9 Å². The highest BCUT2D eigenvalue weighted by Crippen LogP contribution is 2.24. The number of benzene rings is 2. The first-order chi connectivity index (χ1) is 14.3. The number of hydrogen-bond donors (Lipinski definition) is 1. The number of nitrogens with one attached hydrogen (secondary N) is 1. The van der Waals surface area contributed by atoms with Crippen LogP contribution in [0.4, 0.5) is 0 Å². The van der Waals surface area contributed by atoms with E-state index in [0.29, 0.717) is 11.6 Å². The molecule has 0 atom stereocenters. The summed E-state index contributed by atoms with van der Waals surface area (Å²) in [5.41, 5.74) is 4.58. The number of fused-ring (bicyclic) bond motifs is 1. The standard InChI is InChI=1S/C23H23N5O/c29-23(21-14-20(25-26-21)18-6-2-1-3-7-18)27-12-10-17(11-13-27)15-28-16-24-19-8-4-5-9-22(19)28/h1-9,14,16-17H,10-13,15H2,(H,25,26). The summed E-state index contributed by atoms with van der Waals surface area (Å²) in [5, 5.41) is 7.23. The zero-order chi connectivity index (χ0) is 19.6. The molecular weight excluding hydrogens is 362 g/mol. The van der Waals surface area contributed by atoms with E-state index in [-0.39, 0.29) is 5.91 Å². The molecule has 2 aromatic heterocycles. The number of piperidine rings is 1. The van der Waals surface area contributed by atoms with Crippen molar-refractivity contribution in [1.82, 2.24) is 24.6 Å². The van der Waals surface area contributed by atoms with Crippen molar-refractivity contribution in [3.8, 4) is 11.3 Å². The van der Waals surface area contributed by atoms with Crippen LogP contribution < -0.4 is 0 Å². The fraction of sp³-hybridized carbons (Fsp3) is 0.261. The minimum absolute atomic E-state index is 0.0335. The summed E-state index contributed by atoms with van der Waals surface area (Å²) in [7, 11) is 0. The normalized spacial score (nSPS) is 15.1. The van der Waals surface area contributed by atoms with Crippen LogP contribution >= 0.6 is 0 Å². The molecule has 1 aliphatic rings. The Morgan fingerprint density at radius 3 is 2.62 bits per heavy atom. The molecule has 1 saturated heterocycles. The second-order valence-electron chi connectivity index (χ2n) is 7.65. The molecule has 6 nitrogen and oxygen atoms in total. The van der Waals surface area contributed by atoms with Gasteiger partial charge in [-0.05, 0) is 37.0 Å². The number of amides is 1. The van der Waals surface area contributed by atoms with Crippen LogP contribution in [0, 0.1) is 5.92 Å². The third-order valence-corrected chi connectivity index (χ3v) is 5.76. The van der Waals surface area contributed by atoms with E-state index in [4.69, 9.17) is 0 Å². The maximum absolute atomic E-state index is 12.9. The van der Waals surface area contributed by atoms with Crippen LogP contribution in [0.2, 0.25) is 0 Å². The number of nitrogens with zero attached hydrogens (tertiary/aromatic N) is 4. The number of aromatic amines is 1. The first kappa shape index (κ1) is 17.7. The van der Waals surface area contributed by atoms with Crippen LogP contribution in [0.5, 0.6) is 0 Å². The molecule has 1 aliphatic heterocycles. The Morgan fingerprint density at radius 2 is 1.79 bits per heavy atom. The quantitative estimate of drug-likeness (QED) is 0.578. The van der Waals surface area contributed by atoms with E-state index in [2.05, 4.69) is 31.9 Å². The summed E-state index contributed by atoms with van der Waals surface area (Å²) in [6, 6.07) is 20.0. The van der Waals surface area contributed by atoms with Crippen LogP contribution in [0.15, 0.2) is 67.0 Å². The molecule has 3 heterocycles. The summed E-state index contributed by atoms with van der Waals surface area (Å²) < 4.78 is 2.23. The van der Waals surface area contributed by atoms with Crippen molar-refractivity contribution in [3.63, 3.8) is 0 Å². The number of imidazole rings is 1. The van der Waals surface area contributed by atoms with Crippen LogP contribution in [0.25, 0.3) is 22.3 Å². The molecule has 5 rings (SSSR count). The predicted octanol–water partition coefficient (Wildman–Crippen LogP) is 3.98. The van der Waals surface area contributed by atoms with Gasteiger partial charge in [0.05, 0.1) is 23.1 Å².